The van der Waals surface area contributed by atoms with Gasteiger partial charge in [0, 0.05) is 31.8 Å². The molecule has 1 aromatic heterocycles. The maximum atomic E-state index is 12.5. The number of H-pyrrole nitrogens is 1. The summed E-state index contributed by atoms with van der Waals surface area (Å²) in [4.78, 5) is 66.9. The topological polar surface area (TPSA) is 174 Å². The lowest BCUT2D eigenvalue weighted by Gasteiger charge is -2.23. The molecule has 12 nitrogen and oxygen atoms in total. The van der Waals surface area contributed by atoms with E-state index >= 15 is 0 Å². The van der Waals surface area contributed by atoms with Crippen LogP contribution in [0.15, 0.2) is 12.5 Å². The van der Waals surface area contributed by atoms with Crippen molar-refractivity contribution < 1.29 is 29.1 Å². The van der Waals surface area contributed by atoms with E-state index in [0.717, 1.165) is 0 Å². The fourth-order valence-corrected chi connectivity index (χ4v) is 2.99. The minimum Gasteiger partial charge on any atom is -0.480 e. The predicted molar refractivity (Wildman–Crippen MR) is 98.3 cm³/mol. The molecule has 0 saturated carbocycles. The highest BCUT2D eigenvalue weighted by Gasteiger charge is 2.34. The van der Waals surface area contributed by atoms with Crippen LogP contribution in [0.5, 0.6) is 0 Å². The number of imidazole rings is 1. The number of rotatable bonds is 9. The molecule has 12 heteroatoms. The van der Waals surface area contributed by atoms with E-state index in [0.29, 0.717) is 25.1 Å². The van der Waals surface area contributed by atoms with Crippen molar-refractivity contribution in [1.29, 1.82) is 0 Å². The second-order valence-electron chi connectivity index (χ2n) is 6.61. The summed E-state index contributed by atoms with van der Waals surface area (Å²) in [5, 5.41) is 16.4. The van der Waals surface area contributed by atoms with Crippen molar-refractivity contribution in [3.63, 3.8) is 0 Å². The smallest absolute Gasteiger partial charge is 0.326 e. The SMILES string of the molecule is CC(=O)NCC(=O)N[C@@H](Cc1cnc[nH]1)C(=O)NCC(=O)N1CCC[C@H]1C(=O)O. The summed E-state index contributed by atoms with van der Waals surface area (Å²) in [5.74, 6) is -3.16. The van der Waals surface area contributed by atoms with Crippen LogP contribution in [-0.2, 0) is 30.4 Å². The highest BCUT2D eigenvalue weighted by Crippen LogP contribution is 2.17. The number of aliphatic carboxylic acids is 1. The molecule has 2 rings (SSSR count). The van der Waals surface area contributed by atoms with Crippen LogP contribution in [0.1, 0.15) is 25.5 Å². The van der Waals surface area contributed by atoms with E-state index in [2.05, 4.69) is 25.9 Å². The Morgan fingerprint density at radius 3 is 2.66 bits per heavy atom. The number of carboxylic acid groups (broad SMARTS) is 1. The molecule has 0 aromatic carbocycles. The van der Waals surface area contributed by atoms with E-state index in [1.54, 1.807) is 0 Å². The van der Waals surface area contributed by atoms with Crippen molar-refractivity contribution in [2.24, 2.45) is 0 Å². The standard InChI is InChI=1S/C17H24N6O6/c1-10(24)19-7-14(25)22-12(5-11-6-18-9-21-11)16(27)20-8-15(26)23-4-2-3-13(23)17(28)29/h6,9,12-13H,2-5,7-8H2,1H3,(H,18,21)(H,19,24)(H,20,27)(H,22,25)(H,28,29)/t12-,13-/m0/s1. The first kappa shape index (κ1) is 21.9. The van der Waals surface area contributed by atoms with Gasteiger partial charge in [0.15, 0.2) is 0 Å². The number of hydrogen-bond acceptors (Lipinski definition) is 6. The zero-order valence-corrected chi connectivity index (χ0v) is 15.9. The molecule has 0 aliphatic carbocycles. The summed E-state index contributed by atoms with van der Waals surface area (Å²) in [7, 11) is 0. The zero-order valence-electron chi connectivity index (χ0n) is 15.9. The van der Waals surface area contributed by atoms with Gasteiger partial charge in [-0.2, -0.15) is 0 Å². The van der Waals surface area contributed by atoms with E-state index in [1.807, 2.05) is 0 Å². The van der Waals surface area contributed by atoms with E-state index in [9.17, 15) is 24.0 Å². The average Bonchev–Trinajstić information content (AvgIpc) is 3.35. The third kappa shape index (κ3) is 6.59. The predicted octanol–water partition coefficient (Wildman–Crippen LogP) is -2.24. The lowest BCUT2D eigenvalue weighted by atomic mass is 10.1. The molecule has 1 fully saturated rings. The first-order chi connectivity index (χ1) is 13.8. The van der Waals surface area contributed by atoms with Crippen LogP contribution in [0.25, 0.3) is 0 Å². The lowest BCUT2D eigenvalue weighted by molar-refractivity contribution is -0.148. The third-order valence-corrected chi connectivity index (χ3v) is 4.40. The fraction of sp³-hybridized carbons (Fsp3) is 0.529. The molecule has 2 heterocycles. The molecule has 1 saturated heterocycles. The van der Waals surface area contributed by atoms with Crippen LogP contribution in [0.2, 0.25) is 0 Å². The number of carbonyl (C=O) groups excluding carboxylic acids is 4. The molecule has 1 aliphatic heterocycles. The minimum absolute atomic E-state index is 0.0906. The number of nitrogens with one attached hydrogen (secondary N) is 4. The van der Waals surface area contributed by atoms with Gasteiger partial charge in [0.05, 0.1) is 19.4 Å². The first-order valence-electron chi connectivity index (χ1n) is 9.09. The summed E-state index contributed by atoms with van der Waals surface area (Å²) >= 11 is 0. The Balaban J connectivity index is 1.95. The van der Waals surface area contributed by atoms with Crippen molar-refractivity contribution in [3.8, 4) is 0 Å². The van der Waals surface area contributed by atoms with Gasteiger partial charge >= 0.3 is 5.97 Å². The van der Waals surface area contributed by atoms with Crippen molar-refractivity contribution >= 4 is 29.6 Å². The Labute approximate surface area is 166 Å². The van der Waals surface area contributed by atoms with Crippen molar-refractivity contribution in [1.82, 2.24) is 30.8 Å². The molecule has 2 atom stereocenters. The van der Waals surface area contributed by atoms with Crippen LogP contribution in [0, 0.1) is 0 Å². The number of aromatic amines is 1. The van der Waals surface area contributed by atoms with Crippen LogP contribution in [0.3, 0.4) is 0 Å². The van der Waals surface area contributed by atoms with Gasteiger partial charge in [-0.1, -0.05) is 0 Å². The van der Waals surface area contributed by atoms with E-state index in [4.69, 9.17) is 5.11 Å². The fourth-order valence-electron chi connectivity index (χ4n) is 2.99. The molecule has 4 amide bonds. The highest BCUT2D eigenvalue weighted by molar-refractivity contribution is 5.92. The van der Waals surface area contributed by atoms with Crippen molar-refractivity contribution in [2.45, 2.75) is 38.3 Å². The van der Waals surface area contributed by atoms with E-state index < -0.39 is 35.8 Å². The zero-order chi connectivity index (χ0) is 21.4. The Morgan fingerprint density at radius 2 is 2.03 bits per heavy atom. The monoisotopic (exact) mass is 408 g/mol. The van der Waals surface area contributed by atoms with E-state index in [-0.39, 0.29) is 25.4 Å². The van der Waals surface area contributed by atoms with Gasteiger partial charge in [0.2, 0.25) is 23.6 Å². The number of nitrogens with zero attached hydrogens (tertiary/aromatic N) is 2. The highest BCUT2D eigenvalue weighted by atomic mass is 16.4. The van der Waals surface area contributed by atoms with Gasteiger partial charge in [-0.3, -0.25) is 19.2 Å². The van der Waals surface area contributed by atoms with Gasteiger partial charge in [0.25, 0.3) is 0 Å². The first-order valence-corrected chi connectivity index (χ1v) is 9.09. The normalized spacial score (nSPS) is 16.7. The van der Waals surface area contributed by atoms with Gasteiger partial charge in [-0.05, 0) is 12.8 Å². The molecular formula is C17H24N6O6. The number of carboxylic acids is 1. The molecular weight excluding hydrogens is 384 g/mol. The summed E-state index contributed by atoms with van der Waals surface area (Å²) in [6.07, 6.45) is 3.96. The molecule has 0 spiro atoms. The van der Waals surface area contributed by atoms with E-state index in [1.165, 1.54) is 24.3 Å². The van der Waals surface area contributed by atoms with Crippen LogP contribution in [0.4, 0.5) is 0 Å². The summed E-state index contributed by atoms with van der Waals surface area (Å²) in [6, 6.07) is -1.91. The maximum absolute atomic E-state index is 12.5. The Kier molecular flexibility index (Phi) is 7.69. The molecule has 0 unspecified atom stereocenters. The molecule has 1 aliphatic rings. The van der Waals surface area contributed by atoms with Gasteiger partial charge in [-0.15, -0.1) is 0 Å². The molecule has 5 N–H and O–H groups in total. The number of aromatic nitrogens is 2. The number of hydrogen-bond donors (Lipinski definition) is 5. The maximum Gasteiger partial charge on any atom is 0.326 e. The minimum atomic E-state index is -1.08. The number of carbonyl (C=O) groups is 5. The quantitative estimate of drug-likeness (QED) is 0.307. The molecule has 158 valence electrons. The Bertz CT molecular complexity index is 764. The second-order valence-corrected chi connectivity index (χ2v) is 6.61. The Hall–Kier alpha value is -3.44. The average molecular weight is 408 g/mol. The van der Waals surface area contributed by atoms with Gasteiger partial charge < -0.3 is 30.9 Å². The van der Waals surface area contributed by atoms with Crippen LogP contribution < -0.4 is 16.0 Å². The lowest BCUT2D eigenvalue weighted by Crippen LogP contribution is -2.52. The molecule has 0 radical (unpaired) electrons. The van der Waals surface area contributed by atoms with Crippen molar-refractivity contribution in [3.05, 3.63) is 18.2 Å². The number of likely N-dealkylation sites (tertiary alicyclic amines) is 1. The van der Waals surface area contributed by atoms with Gasteiger partial charge in [0.1, 0.15) is 12.1 Å². The van der Waals surface area contributed by atoms with Crippen LogP contribution >= 0.6 is 0 Å². The summed E-state index contributed by atoms with van der Waals surface area (Å²) in [6.45, 7) is 0.895. The molecule has 29 heavy (non-hydrogen) atoms. The third-order valence-electron chi connectivity index (χ3n) is 4.40. The second kappa shape index (κ2) is 10.2. The summed E-state index contributed by atoms with van der Waals surface area (Å²) < 4.78 is 0. The molecule has 0 bridgehead atoms. The largest absolute Gasteiger partial charge is 0.480 e. The van der Waals surface area contributed by atoms with Crippen LogP contribution in [-0.4, -0.2) is 81.3 Å². The Morgan fingerprint density at radius 1 is 1.28 bits per heavy atom. The van der Waals surface area contributed by atoms with Crippen molar-refractivity contribution in [2.75, 3.05) is 19.6 Å². The molecule has 1 aromatic rings. The number of amides is 4. The van der Waals surface area contributed by atoms with Gasteiger partial charge in [-0.25, -0.2) is 9.78 Å². The summed E-state index contributed by atoms with van der Waals surface area (Å²) in [5.41, 5.74) is 0.585.